The maximum atomic E-state index is 10.7. The molecule has 0 fully saturated rings. The molecule has 1 atom stereocenters. The summed E-state index contributed by atoms with van der Waals surface area (Å²) < 4.78 is 9.70. The van der Waals surface area contributed by atoms with Crippen molar-refractivity contribution < 1.29 is 14.3 Å². The van der Waals surface area contributed by atoms with Crippen molar-refractivity contribution in [1.29, 1.82) is 0 Å². The van der Waals surface area contributed by atoms with Crippen molar-refractivity contribution in [3.8, 4) is 0 Å². The van der Waals surface area contributed by atoms with Crippen LogP contribution in [0.15, 0.2) is 12.2 Å². The third-order valence-electron chi connectivity index (χ3n) is 1.01. The van der Waals surface area contributed by atoms with E-state index < -0.39 is 0 Å². The summed E-state index contributed by atoms with van der Waals surface area (Å²) in [5.41, 5.74) is 0.418. The second-order valence-corrected chi connectivity index (χ2v) is 2.11. The highest BCUT2D eigenvalue weighted by Crippen LogP contribution is 1.91. The molecule has 12 heavy (non-hydrogen) atoms. The van der Waals surface area contributed by atoms with E-state index in [1.54, 1.807) is 6.92 Å². The van der Waals surface area contributed by atoms with Crippen LogP contribution in [0, 0.1) is 0 Å². The molecule has 0 radical (unpaired) electrons. The lowest BCUT2D eigenvalue weighted by Crippen LogP contribution is -2.10. The topological polar surface area (TPSA) is 35.5 Å². The molecule has 4 heteroatoms. The van der Waals surface area contributed by atoms with Crippen LogP contribution in [0.2, 0.25) is 0 Å². The van der Waals surface area contributed by atoms with Crippen LogP contribution in [-0.2, 0) is 14.3 Å². The summed E-state index contributed by atoms with van der Waals surface area (Å²) in [5.74, 6) is -0.357. The summed E-state index contributed by atoms with van der Waals surface area (Å²) in [4.78, 5) is 10.7. The molecule has 72 valence electrons. The van der Waals surface area contributed by atoms with Gasteiger partial charge in [-0.3, -0.25) is 0 Å². The molecule has 0 aliphatic carbocycles. The lowest BCUT2D eigenvalue weighted by molar-refractivity contribution is -0.140. The first-order valence-corrected chi connectivity index (χ1v) is 3.58. The zero-order chi connectivity index (χ0) is 8.69. The van der Waals surface area contributed by atoms with Gasteiger partial charge in [-0.25, -0.2) is 4.79 Å². The molecule has 0 rings (SSSR count). The molecule has 1 unspecified atom stereocenters. The average Bonchev–Trinajstić information content (AvgIpc) is 1.97. The molecule has 0 saturated heterocycles. The van der Waals surface area contributed by atoms with Gasteiger partial charge in [0.25, 0.3) is 0 Å². The van der Waals surface area contributed by atoms with E-state index in [1.807, 2.05) is 6.92 Å². The number of ether oxygens (including phenoxy) is 2. The number of rotatable bonds is 5. The monoisotopic (exact) mass is 192 g/mol. The van der Waals surface area contributed by atoms with Gasteiger partial charge in [-0.1, -0.05) is 6.58 Å². The van der Waals surface area contributed by atoms with E-state index >= 15 is 0 Å². The average molecular weight is 192 g/mol. The summed E-state index contributed by atoms with van der Waals surface area (Å²) in [6, 6.07) is 0. The van der Waals surface area contributed by atoms with E-state index in [1.165, 1.54) is 0 Å². The molecule has 3 nitrogen and oxygen atoms in total. The zero-order valence-electron chi connectivity index (χ0n) is 7.76. The van der Waals surface area contributed by atoms with Gasteiger partial charge >= 0.3 is 5.97 Å². The number of esters is 1. The van der Waals surface area contributed by atoms with Gasteiger partial charge in [-0.05, 0) is 13.8 Å². The van der Waals surface area contributed by atoms with E-state index in [0.29, 0.717) is 25.4 Å². The normalized spacial score (nSPS) is 8.50. The van der Waals surface area contributed by atoms with Crippen LogP contribution in [0.25, 0.3) is 0 Å². The van der Waals surface area contributed by atoms with Crippen LogP contribution in [-0.4, -0.2) is 25.8 Å². The molecule has 0 amide bonds. The van der Waals surface area contributed by atoms with E-state index in [2.05, 4.69) is 6.58 Å². The van der Waals surface area contributed by atoms with Crippen LogP contribution in [0.4, 0.5) is 0 Å². The van der Waals surface area contributed by atoms with Gasteiger partial charge in [0.05, 0.1) is 6.61 Å². The third-order valence-corrected chi connectivity index (χ3v) is 1.01. The van der Waals surface area contributed by atoms with Crippen LogP contribution in [0.5, 0.6) is 0 Å². The lowest BCUT2D eigenvalue weighted by Gasteiger charge is -2.03. The Morgan fingerprint density at radius 2 is 2.00 bits per heavy atom. The van der Waals surface area contributed by atoms with Crippen LogP contribution < -0.4 is 0 Å². The van der Waals surface area contributed by atoms with Crippen molar-refractivity contribution in [3.05, 3.63) is 12.2 Å². The van der Waals surface area contributed by atoms with Crippen LogP contribution in [0.1, 0.15) is 13.8 Å². The van der Waals surface area contributed by atoms with Crippen molar-refractivity contribution in [1.82, 2.24) is 0 Å². The molecule has 0 saturated carbocycles. The molecule has 0 heterocycles. The molecule has 0 aromatic rings. The van der Waals surface area contributed by atoms with Gasteiger partial charge in [0.2, 0.25) is 0 Å². The summed E-state index contributed by atoms with van der Waals surface area (Å²) in [5, 5.41) is 0. The molecule has 0 bridgehead atoms. The molecule has 0 aromatic heterocycles. The first kappa shape index (κ1) is 14.1. The number of carbonyl (C=O) groups excluding carboxylic acids is 1. The van der Waals surface area contributed by atoms with Crippen molar-refractivity contribution in [3.63, 3.8) is 0 Å². The van der Waals surface area contributed by atoms with Gasteiger partial charge in [0.15, 0.2) is 0 Å². The summed E-state index contributed by atoms with van der Waals surface area (Å²) >= 11 is 0. The number of hydrogen-bond acceptors (Lipinski definition) is 3. The minimum atomic E-state index is -0.357. The molecule has 0 N–H and O–H groups in total. The molecule has 0 aliphatic heterocycles. The second-order valence-electron chi connectivity index (χ2n) is 2.11. The fraction of sp³-hybridized carbons (Fsp3) is 0.625. The SMILES string of the molecule is C=C(C)C(=O)OCCOCC.P. The molecule has 0 aliphatic rings. The zero-order valence-corrected chi connectivity index (χ0v) is 9.17. The Hall–Kier alpha value is -0.400. The van der Waals surface area contributed by atoms with Gasteiger partial charge < -0.3 is 9.47 Å². The molecular weight excluding hydrogens is 175 g/mol. The molecule has 0 aromatic carbocycles. The highest BCUT2D eigenvalue weighted by atomic mass is 31.0. The van der Waals surface area contributed by atoms with E-state index in [4.69, 9.17) is 9.47 Å². The van der Waals surface area contributed by atoms with Crippen LogP contribution in [0.3, 0.4) is 0 Å². The minimum absolute atomic E-state index is 0. The van der Waals surface area contributed by atoms with Crippen molar-refractivity contribution in [2.75, 3.05) is 19.8 Å². The smallest absolute Gasteiger partial charge is 0.333 e. The van der Waals surface area contributed by atoms with Gasteiger partial charge in [0.1, 0.15) is 6.61 Å². The Morgan fingerprint density at radius 1 is 1.42 bits per heavy atom. The fourth-order valence-corrected chi connectivity index (χ4v) is 0.461. The highest BCUT2D eigenvalue weighted by Gasteiger charge is 2.00. The van der Waals surface area contributed by atoms with Crippen LogP contribution >= 0.6 is 9.90 Å². The summed E-state index contributed by atoms with van der Waals surface area (Å²) in [6.45, 7) is 8.34. The Bertz CT molecular complexity index is 145. The standard InChI is InChI=1S/C8H14O3.H3P/c1-4-10-5-6-11-8(9)7(2)3;/h2,4-6H2,1,3H3;1H3. The first-order valence-electron chi connectivity index (χ1n) is 3.58. The van der Waals surface area contributed by atoms with Gasteiger partial charge in [-0.2, -0.15) is 9.90 Å². The van der Waals surface area contributed by atoms with Gasteiger partial charge in [-0.15, -0.1) is 0 Å². The molecule has 0 spiro atoms. The van der Waals surface area contributed by atoms with Crippen molar-refractivity contribution in [2.45, 2.75) is 13.8 Å². The Kier molecular flexibility index (Phi) is 10.2. The van der Waals surface area contributed by atoms with E-state index in [0.717, 1.165) is 0 Å². The maximum Gasteiger partial charge on any atom is 0.333 e. The van der Waals surface area contributed by atoms with Crippen molar-refractivity contribution >= 4 is 15.9 Å². The maximum absolute atomic E-state index is 10.7. The predicted octanol–water partition coefficient (Wildman–Crippen LogP) is 1.20. The fourth-order valence-electron chi connectivity index (χ4n) is 0.461. The largest absolute Gasteiger partial charge is 0.460 e. The predicted molar refractivity (Wildman–Crippen MR) is 53.4 cm³/mol. The van der Waals surface area contributed by atoms with E-state index in [-0.39, 0.29) is 15.9 Å². The number of carbonyl (C=O) groups is 1. The summed E-state index contributed by atoms with van der Waals surface area (Å²) in [6.07, 6.45) is 0. The lowest BCUT2D eigenvalue weighted by atomic mass is 10.4. The number of hydrogen-bond donors (Lipinski definition) is 0. The van der Waals surface area contributed by atoms with Crippen molar-refractivity contribution in [2.24, 2.45) is 0 Å². The first-order chi connectivity index (χ1) is 5.18. The third kappa shape index (κ3) is 7.70. The molecular formula is C8H17O3P. The second kappa shape index (κ2) is 8.69. The minimum Gasteiger partial charge on any atom is -0.460 e. The Balaban J connectivity index is 0. The Labute approximate surface area is 76.7 Å². The summed E-state index contributed by atoms with van der Waals surface area (Å²) in [7, 11) is 0. The highest BCUT2D eigenvalue weighted by molar-refractivity contribution is 6.92. The van der Waals surface area contributed by atoms with Gasteiger partial charge in [0, 0.05) is 12.2 Å². The Morgan fingerprint density at radius 3 is 2.42 bits per heavy atom. The quantitative estimate of drug-likeness (QED) is 0.284. The van der Waals surface area contributed by atoms with E-state index in [9.17, 15) is 4.79 Å².